The Labute approximate surface area is 112 Å². The topological polar surface area (TPSA) is 18.5 Å². The second-order valence-electron chi connectivity index (χ2n) is 4.66. The lowest BCUT2D eigenvalue weighted by Gasteiger charge is -2.43. The standard InChI is InChI=1S/C14H8O2S2/c1-4-14-10(12-8(1)2-5-17-12)7-11(15-16-14)9-3-6-18-13(9)14/h1-7,11H. The minimum Gasteiger partial charge on any atom is -0.223 e. The van der Waals surface area contributed by atoms with E-state index in [1.165, 1.54) is 26.5 Å². The van der Waals surface area contributed by atoms with Gasteiger partial charge in [-0.15, -0.1) is 22.7 Å². The molecule has 0 radical (unpaired) electrons. The number of thiophene rings is 2. The van der Waals surface area contributed by atoms with E-state index in [1.54, 1.807) is 22.7 Å². The van der Waals surface area contributed by atoms with Crippen LogP contribution in [0.15, 0.2) is 35.0 Å². The predicted octanol–water partition coefficient (Wildman–Crippen LogP) is 4.13. The molecule has 2 unspecified atom stereocenters. The van der Waals surface area contributed by atoms with Crippen molar-refractivity contribution in [1.82, 2.24) is 0 Å². The molecule has 0 saturated carbocycles. The van der Waals surface area contributed by atoms with Gasteiger partial charge in [0.25, 0.3) is 0 Å². The van der Waals surface area contributed by atoms with Crippen molar-refractivity contribution in [2.24, 2.45) is 0 Å². The van der Waals surface area contributed by atoms with Gasteiger partial charge in [0.2, 0.25) is 0 Å². The molecule has 0 N–H and O–H groups in total. The van der Waals surface area contributed by atoms with Gasteiger partial charge >= 0.3 is 0 Å². The summed E-state index contributed by atoms with van der Waals surface area (Å²) in [6.07, 6.45) is 6.42. The van der Waals surface area contributed by atoms with E-state index in [9.17, 15) is 0 Å². The van der Waals surface area contributed by atoms with Crippen molar-refractivity contribution in [2.75, 3.05) is 0 Å². The molecule has 6 rings (SSSR count). The number of rotatable bonds is 0. The summed E-state index contributed by atoms with van der Waals surface area (Å²) < 4.78 is 0. The van der Waals surface area contributed by atoms with Crippen LogP contribution in [0.1, 0.15) is 27.0 Å². The lowest BCUT2D eigenvalue weighted by atomic mass is 9.77. The highest BCUT2D eigenvalue weighted by atomic mass is 32.1. The van der Waals surface area contributed by atoms with Gasteiger partial charge in [0, 0.05) is 16.0 Å². The summed E-state index contributed by atoms with van der Waals surface area (Å²) in [4.78, 5) is 13.8. The maximum absolute atomic E-state index is 5.74. The average Bonchev–Trinajstić information content (AvgIpc) is 3.08. The molecule has 4 aliphatic rings. The molecule has 2 aliphatic carbocycles. The second-order valence-corrected chi connectivity index (χ2v) is 6.49. The van der Waals surface area contributed by atoms with E-state index >= 15 is 0 Å². The van der Waals surface area contributed by atoms with Crippen LogP contribution < -0.4 is 0 Å². The molecule has 2 nitrogen and oxygen atoms in total. The van der Waals surface area contributed by atoms with Gasteiger partial charge in [-0.05, 0) is 40.6 Å². The van der Waals surface area contributed by atoms with Crippen LogP contribution in [0.5, 0.6) is 0 Å². The van der Waals surface area contributed by atoms with Crippen LogP contribution in [0.2, 0.25) is 0 Å². The Kier molecular flexibility index (Phi) is 1.63. The van der Waals surface area contributed by atoms with E-state index in [0.29, 0.717) is 0 Å². The Morgan fingerprint density at radius 2 is 2.11 bits per heavy atom. The van der Waals surface area contributed by atoms with Gasteiger partial charge in [-0.3, -0.25) is 0 Å². The van der Waals surface area contributed by atoms with E-state index in [0.717, 1.165) is 0 Å². The molecule has 2 bridgehead atoms. The van der Waals surface area contributed by atoms with Crippen molar-refractivity contribution in [3.63, 3.8) is 0 Å². The first-order valence-corrected chi connectivity index (χ1v) is 7.56. The summed E-state index contributed by atoms with van der Waals surface area (Å²) >= 11 is 3.52. The molecule has 2 atom stereocenters. The maximum atomic E-state index is 5.74. The molecule has 1 spiro atoms. The van der Waals surface area contributed by atoms with Gasteiger partial charge in [-0.25, -0.2) is 9.78 Å². The fourth-order valence-corrected chi connectivity index (χ4v) is 4.96. The van der Waals surface area contributed by atoms with Crippen LogP contribution in [0.25, 0.3) is 11.6 Å². The van der Waals surface area contributed by atoms with Crippen molar-refractivity contribution in [3.05, 3.63) is 55.9 Å². The first kappa shape index (κ1) is 9.69. The normalized spacial score (nSPS) is 30.7. The average molecular weight is 272 g/mol. The molecule has 0 fully saturated rings. The van der Waals surface area contributed by atoms with Crippen molar-refractivity contribution >= 4 is 34.3 Å². The Balaban J connectivity index is 1.89. The quantitative estimate of drug-likeness (QED) is 0.671. The van der Waals surface area contributed by atoms with Gasteiger partial charge in [0.05, 0.1) is 4.88 Å². The monoisotopic (exact) mass is 272 g/mol. The fourth-order valence-electron chi connectivity index (χ4n) is 2.94. The van der Waals surface area contributed by atoms with Crippen LogP contribution in [0.4, 0.5) is 0 Å². The van der Waals surface area contributed by atoms with Gasteiger partial charge < -0.3 is 0 Å². The fraction of sp³-hybridized carbons (Fsp3) is 0.143. The zero-order chi connectivity index (χ0) is 11.7. The Morgan fingerprint density at radius 1 is 1.17 bits per heavy atom. The minimum absolute atomic E-state index is 0.0513. The molecule has 88 valence electrons. The van der Waals surface area contributed by atoms with Crippen molar-refractivity contribution < 1.29 is 9.78 Å². The second kappa shape index (κ2) is 3.03. The summed E-state index contributed by atoms with van der Waals surface area (Å²) in [5.74, 6) is 0. The van der Waals surface area contributed by atoms with Gasteiger partial charge in [-0.1, -0.05) is 6.08 Å². The molecule has 2 aromatic rings. The van der Waals surface area contributed by atoms with E-state index in [4.69, 9.17) is 9.78 Å². The minimum atomic E-state index is -0.504. The van der Waals surface area contributed by atoms with Crippen LogP contribution in [0.3, 0.4) is 0 Å². The summed E-state index contributed by atoms with van der Waals surface area (Å²) in [5.41, 5.74) is 3.28. The lowest BCUT2D eigenvalue weighted by molar-refractivity contribution is -0.373. The molecule has 0 amide bonds. The van der Waals surface area contributed by atoms with Crippen molar-refractivity contribution in [1.29, 1.82) is 0 Å². The molecular formula is C14H8O2S2. The zero-order valence-electron chi connectivity index (χ0n) is 9.25. The maximum Gasteiger partial charge on any atom is 0.183 e. The highest BCUT2D eigenvalue weighted by Crippen LogP contribution is 2.58. The first-order chi connectivity index (χ1) is 8.88. The Hall–Kier alpha value is -1.20. The van der Waals surface area contributed by atoms with E-state index in [-0.39, 0.29) is 6.10 Å². The molecule has 2 aliphatic heterocycles. The summed E-state index contributed by atoms with van der Waals surface area (Å²) in [5, 5.41) is 4.25. The number of hydrogen-bond acceptors (Lipinski definition) is 4. The first-order valence-electron chi connectivity index (χ1n) is 5.80. The smallest absolute Gasteiger partial charge is 0.183 e. The van der Waals surface area contributed by atoms with Crippen LogP contribution in [-0.2, 0) is 15.4 Å². The number of fused-ring (bicyclic) bond motifs is 2. The van der Waals surface area contributed by atoms with E-state index in [1.807, 2.05) is 0 Å². The molecule has 18 heavy (non-hydrogen) atoms. The third-order valence-corrected chi connectivity index (χ3v) is 5.79. The summed E-state index contributed by atoms with van der Waals surface area (Å²) in [6, 6.07) is 4.29. The predicted molar refractivity (Wildman–Crippen MR) is 72.2 cm³/mol. The van der Waals surface area contributed by atoms with E-state index in [2.05, 4.69) is 41.1 Å². The third kappa shape index (κ3) is 0.939. The molecular weight excluding hydrogens is 264 g/mol. The SMILES string of the molecule is C1=CC23OOC(C=C2c2sccc21)c1ccsc13. The largest absolute Gasteiger partial charge is 0.223 e. The van der Waals surface area contributed by atoms with Crippen LogP contribution in [-0.4, -0.2) is 0 Å². The summed E-state index contributed by atoms with van der Waals surface area (Å²) in [7, 11) is 0. The van der Waals surface area contributed by atoms with Crippen molar-refractivity contribution in [2.45, 2.75) is 11.7 Å². The molecule has 4 heterocycles. The van der Waals surface area contributed by atoms with Crippen LogP contribution >= 0.6 is 22.7 Å². The van der Waals surface area contributed by atoms with Gasteiger partial charge in [0.1, 0.15) is 6.10 Å². The molecule has 0 aromatic carbocycles. The van der Waals surface area contributed by atoms with E-state index < -0.39 is 5.60 Å². The van der Waals surface area contributed by atoms with Crippen molar-refractivity contribution in [3.8, 4) is 0 Å². The Bertz CT molecular complexity index is 722. The van der Waals surface area contributed by atoms with Gasteiger partial charge in [0.15, 0.2) is 5.60 Å². The van der Waals surface area contributed by atoms with Crippen LogP contribution in [0, 0.1) is 0 Å². The molecule has 0 saturated heterocycles. The van der Waals surface area contributed by atoms with Gasteiger partial charge in [-0.2, -0.15) is 0 Å². The lowest BCUT2D eigenvalue weighted by Crippen LogP contribution is -2.39. The zero-order valence-corrected chi connectivity index (χ0v) is 10.9. The molecule has 2 aromatic heterocycles. The third-order valence-electron chi connectivity index (χ3n) is 3.78. The highest BCUT2D eigenvalue weighted by molar-refractivity contribution is 7.12. The number of hydrogen-bond donors (Lipinski definition) is 0. The summed E-state index contributed by atoms with van der Waals surface area (Å²) in [6.45, 7) is 0. The molecule has 4 heteroatoms. The highest BCUT2D eigenvalue weighted by Gasteiger charge is 2.51. The Morgan fingerprint density at radius 3 is 3.11 bits per heavy atom.